The van der Waals surface area contributed by atoms with Crippen LogP contribution in [0.15, 0.2) is 30.3 Å². The molecular formula is C16H24N2O2. The van der Waals surface area contributed by atoms with Crippen molar-refractivity contribution in [3.05, 3.63) is 35.9 Å². The molecule has 0 bridgehead atoms. The molecule has 0 radical (unpaired) electrons. The Balaban J connectivity index is 1.79. The van der Waals surface area contributed by atoms with E-state index in [2.05, 4.69) is 5.32 Å². The van der Waals surface area contributed by atoms with E-state index in [4.69, 9.17) is 4.74 Å². The lowest BCUT2D eigenvalue weighted by Crippen LogP contribution is -2.41. The first-order valence-electron chi connectivity index (χ1n) is 7.46. The summed E-state index contributed by atoms with van der Waals surface area (Å²) in [4.78, 5) is 13.9. The third-order valence-electron chi connectivity index (χ3n) is 3.72. The van der Waals surface area contributed by atoms with Gasteiger partial charge in [0.1, 0.15) is 6.61 Å². The molecule has 0 aromatic heterocycles. The highest BCUT2D eigenvalue weighted by molar-refractivity contribution is 5.67. The second kappa shape index (κ2) is 7.90. The molecule has 4 heteroatoms. The molecule has 2 rings (SSSR count). The quantitative estimate of drug-likeness (QED) is 0.899. The SMILES string of the molecule is CCN(CC1CCCNC1)C(=O)OCc1ccccc1. The molecule has 1 aromatic carbocycles. The lowest BCUT2D eigenvalue weighted by Gasteiger charge is -2.28. The molecule has 1 N–H and O–H groups in total. The normalized spacial score (nSPS) is 18.6. The Morgan fingerprint density at radius 1 is 1.40 bits per heavy atom. The molecule has 0 spiro atoms. The van der Waals surface area contributed by atoms with Crippen molar-refractivity contribution < 1.29 is 9.53 Å². The van der Waals surface area contributed by atoms with E-state index in [1.54, 1.807) is 4.90 Å². The lowest BCUT2D eigenvalue weighted by molar-refractivity contribution is 0.0902. The zero-order chi connectivity index (χ0) is 14.2. The predicted molar refractivity (Wildman–Crippen MR) is 79.5 cm³/mol. The third-order valence-corrected chi connectivity index (χ3v) is 3.72. The number of amides is 1. The minimum atomic E-state index is -0.207. The number of benzene rings is 1. The van der Waals surface area contributed by atoms with Gasteiger partial charge in [0.05, 0.1) is 0 Å². The van der Waals surface area contributed by atoms with E-state index in [0.717, 1.165) is 25.2 Å². The van der Waals surface area contributed by atoms with Crippen LogP contribution in [0.5, 0.6) is 0 Å². The van der Waals surface area contributed by atoms with Crippen molar-refractivity contribution in [3.8, 4) is 0 Å². The molecule has 4 nitrogen and oxygen atoms in total. The molecule has 1 heterocycles. The Kier molecular flexibility index (Phi) is 5.87. The molecule has 1 amide bonds. The molecule has 110 valence electrons. The Hall–Kier alpha value is -1.55. The summed E-state index contributed by atoms with van der Waals surface area (Å²) in [6, 6.07) is 9.80. The van der Waals surface area contributed by atoms with Crippen LogP contribution in [0.2, 0.25) is 0 Å². The molecule has 1 fully saturated rings. The summed E-state index contributed by atoms with van der Waals surface area (Å²) in [5.41, 5.74) is 1.02. The summed E-state index contributed by atoms with van der Waals surface area (Å²) in [6.07, 6.45) is 2.18. The average molecular weight is 276 g/mol. The number of nitrogens with zero attached hydrogens (tertiary/aromatic N) is 1. The molecule has 20 heavy (non-hydrogen) atoms. The van der Waals surface area contributed by atoms with Gasteiger partial charge in [-0.3, -0.25) is 0 Å². The minimum Gasteiger partial charge on any atom is -0.445 e. The second-order valence-electron chi connectivity index (χ2n) is 5.29. The second-order valence-corrected chi connectivity index (χ2v) is 5.29. The summed E-state index contributed by atoms with van der Waals surface area (Å²) in [6.45, 7) is 5.93. The maximum absolute atomic E-state index is 12.1. The maximum atomic E-state index is 12.1. The number of rotatable bonds is 5. The van der Waals surface area contributed by atoms with Gasteiger partial charge in [0.25, 0.3) is 0 Å². The fraction of sp³-hybridized carbons (Fsp3) is 0.562. The number of carbonyl (C=O) groups is 1. The van der Waals surface area contributed by atoms with E-state index in [1.165, 1.54) is 12.8 Å². The van der Waals surface area contributed by atoms with Gasteiger partial charge in [-0.1, -0.05) is 30.3 Å². The van der Waals surface area contributed by atoms with E-state index >= 15 is 0 Å². The van der Waals surface area contributed by atoms with E-state index in [0.29, 0.717) is 19.1 Å². The summed E-state index contributed by atoms with van der Waals surface area (Å²) < 4.78 is 5.39. The van der Waals surface area contributed by atoms with Crippen LogP contribution in [0, 0.1) is 5.92 Å². The van der Waals surface area contributed by atoms with E-state index in [-0.39, 0.29) is 6.09 Å². The van der Waals surface area contributed by atoms with Crippen molar-refractivity contribution in [3.63, 3.8) is 0 Å². The van der Waals surface area contributed by atoms with E-state index < -0.39 is 0 Å². The van der Waals surface area contributed by atoms with Crippen LogP contribution in [0.1, 0.15) is 25.3 Å². The molecule has 1 saturated heterocycles. The Morgan fingerprint density at radius 2 is 2.20 bits per heavy atom. The number of ether oxygens (including phenoxy) is 1. The topological polar surface area (TPSA) is 41.6 Å². The fourth-order valence-electron chi connectivity index (χ4n) is 2.53. The van der Waals surface area contributed by atoms with Gasteiger partial charge in [-0.15, -0.1) is 0 Å². The predicted octanol–water partition coefficient (Wildman–Crippen LogP) is 2.64. The molecule has 1 aromatic rings. The van der Waals surface area contributed by atoms with Gasteiger partial charge in [-0.25, -0.2) is 4.79 Å². The number of piperidine rings is 1. The highest BCUT2D eigenvalue weighted by atomic mass is 16.6. The van der Waals surface area contributed by atoms with Crippen LogP contribution < -0.4 is 5.32 Å². The van der Waals surface area contributed by atoms with E-state index in [1.807, 2.05) is 37.3 Å². The fourth-order valence-corrected chi connectivity index (χ4v) is 2.53. The van der Waals surface area contributed by atoms with Gasteiger partial charge >= 0.3 is 6.09 Å². The number of hydrogen-bond donors (Lipinski definition) is 1. The molecular weight excluding hydrogens is 252 g/mol. The van der Waals surface area contributed by atoms with Crippen LogP contribution in [-0.2, 0) is 11.3 Å². The largest absolute Gasteiger partial charge is 0.445 e. The maximum Gasteiger partial charge on any atom is 0.410 e. The summed E-state index contributed by atoms with van der Waals surface area (Å²) in [5.74, 6) is 0.549. The van der Waals surface area contributed by atoms with Crippen molar-refractivity contribution >= 4 is 6.09 Å². The highest BCUT2D eigenvalue weighted by Gasteiger charge is 2.20. The van der Waals surface area contributed by atoms with Crippen molar-refractivity contribution in [1.82, 2.24) is 10.2 Å². The van der Waals surface area contributed by atoms with Gasteiger partial charge < -0.3 is 15.0 Å². The summed E-state index contributed by atoms with van der Waals surface area (Å²) >= 11 is 0. The molecule has 1 aliphatic heterocycles. The van der Waals surface area contributed by atoms with Crippen molar-refractivity contribution in [2.24, 2.45) is 5.92 Å². The molecule has 1 aliphatic rings. The number of hydrogen-bond acceptors (Lipinski definition) is 3. The Labute approximate surface area is 121 Å². The van der Waals surface area contributed by atoms with Gasteiger partial charge in [-0.2, -0.15) is 0 Å². The summed E-state index contributed by atoms with van der Waals surface area (Å²) in [5, 5.41) is 3.38. The molecule has 1 unspecified atom stereocenters. The number of nitrogens with one attached hydrogen (secondary N) is 1. The van der Waals surface area contributed by atoms with Crippen molar-refractivity contribution in [1.29, 1.82) is 0 Å². The number of carbonyl (C=O) groups excluding carboxylic acids is 1. The minimum absolute atomic E-state index is 0.207. The van der Waals surface area contributed by atoms with Crippen molar-refractivity contribution in [2.45, 2.75) is 26.4 Å². The van der Waals surface area contributed by atoms with Gasteiger partial charge in [-0.05, 0) is 44.3 Å². The first-order valence-corrected chi connectivity index (χ1v) is 7.46. The zero-order valence-corrected chi connectivity index (χ0v) is 12.2. The van der Waals surface area contributed by atoms with E-state index in [9.17, 15) is 4.79 Å². The zero-order valence-electron chi connectivity index (χ0n) is 12.2. The van der Waals surface area contributed by atoms with Crippen LogP contribution in [0.25, 0.3) is 0 Å². The first kappa shape index (κ1) is 14.9. The molecule has 1 atom stereocenters. The average Bonchev–Trinajstić information content (AvgIpc) is 2.52. The van der Waals surface area contributed by atoms with Crippen LogP contribution in [0.3, 0.4) is 0 Å². The smallest absolute Gasteiger partial charge is 0.410 e. The van der Waals surface area contributed by atoms with Crippen LogP contribution in [-0.4, -0.2) is 37.2 Å². The third kappa shape index (κ3) is 4.53. The monoisotopic (exact) mass is 276 g/mol. The van der Waals surface area contributed by atoms with Crippen molar-refractivity contribution in [2.75, 3.05) is 26.2 Å². The highest BCUT2D eigenvalue weighted by Crippen LogP contribution is 2.13. The van der Waals surface area contributed by atoms with Gasteiger partial charge in [0.2, 0.25) is 0 Å². The Morgan fingerprint density at radius 3 is 2.85 bits per heavy atom. The molecule has 0 saturated carbocycles. The standard InChI is InChI=1S/C16H24N2O2/c1-2-18(12-15-9-6-10-17-11-15)16(19)20-13-14-7-4-3-5-8-14/h3-5,7-8,15,17H,2,6,9-13H2,1H3. The molecule has 0 aliphatic carbocycles. The summed E-state index contributed by atoms with van der Waals surface area (Å²) in [7, 11) is 0. The van der Waals surface area contributed by atoms with Crippen LogP contribution in [0.4, 0.5) is 4.79 Å². The lowest BCUT2D eigenvalue weighted by atomic mass is 9.99. The van der Waals surface area contributed by atoms with Crippen LogP contribution >= 0.6 is 0 Å². The first-order chi connectivity index (χ1) is 9.79. The Bertz CT molecular complexity index is 402. The van der Waals surface area contributed by atoms with Gasteiger partial charge in [0, 0.05) is 13.1 Å². The van der Waals surface area contributed by atoms with Gasteiger partial charge in [0.15, 0.2) is 0 Å².